The standard InChI is InChI=1S/C14H23NO2/c1-5-15-13(9-16)12-7-11(4)14(17-6-2)8-10(12)3/h7-8,13,15-16H,5-6,9H2,1-4H3. The van der Waals surface area contributed by atoms with Crippen LogP contribution in [0, 0.1) is 13.8 Å². The first-order chi connectivity index (χ1) is 8.13. The van der Waals surface area contributed by atoms with E-state index in [0.717, 1.165) is 29.0 Å². The Labute approximate surface area is 104 Å². The van der Waals surface area contributed by atoms with Gasteiger partial charge in [-0.15, -0.1) is 0 Å². The van der Waals surface area contributed by atoms with Gasteiger partial charge in [-0.1, -0.05) is 13.0 Å². The fraction of sp³-hybridized carbons (Fsp3) is 0.571. The molecule has 0 saturated carbocycles. The van der Waals surface area contributed by atoms with Crippen LogP contribution in [0.15, 0.2) is 12.1 Å². The molecule has 0 amide bonds. The second-order valence-corrected chi connectivity index (χ2v) is 4.20. The van der Waals surface area contributed by atoms with Gasteiger partial charge in [0.15, 0.2) is 0 Å². The van der Waals surface area contributed by atoms with E-state index >= 15 is 0 Å². The second-order valence-electron chi connectivity index (χ2n) is 4.20. The maximum absolute atomic E-state index is 9.40. The van der Waals surface area contributed by atoms with E-state index in [4.69, 9.17) is 4.74 Å². The molecular weight excluding hydrogens is 214 g/mol. The Morgan fingerprint density at radius 1 is 1.24 bits per heavy atom. The molecule has 1 aromatic rings. The number of aliphatic hydroxyl groups excluding tert-OH is 1. The number of hydrogen-bond donors (Lipinski definition) is 2. The van der Waals surface area contributed by atoms with Gasteiger partial charge in [-0.25, -0.2) is 0 Å². The fourth-order valence-electron chi connectivity index (χ4n) is 2.02. The first kappa shape index (κ1) is 14.0. The van der Waals surface area contributed by atoms with Crippen molar-refractivity contribution in [1.29, 1.82) is 0 Å². The van der Waals surface area contributed by atoms with E-state index in [-0.39, 0.29) is 12.6 Å². The van der Waals surface area contributed by atoms with Gasteiger partial charge in [0.2, 0.25) is 0 Å². The molecule has 0 fully saturated rings. The molecule has 1 aromatic carbocycles. The number of aryl methyl sites for hydroxylation is 2. The Morgan fingerprint density at radius 2 is 1.94 bits per heavy atom. The third-order valence-electron chi connectivity index (χ3n) is 2.87. The summed E-state index contributed by atoms with van der Waals surface area (Å²) in [7, 11) is 0. The molecule has 2 N–H and O–H groups in total. The Hall–Kier alpha value is -1.06. The van der Waals surface area contributed by atoms with Crippen LogP contribution in [0.2, 0.25) is 0 Å². The van der Waals surface area contributed by atoms with Crippen LogP contribution in [0.4, 0.5) is 0 Å². The zero-order valence-corrected chi connectivity index (χ0v) is 11.2. The highest BCUT2D eigenvalue weighted by molar-refractivity contribution is 5.43. The third-order valence-corrected chi connectivity index (χ3v) is 2.87. The number of likely N-dealkylation sites (N-methyl/N-ethyl adjacent to an activating group) is 1. The lowest BCUT2D eigenvalue weighted by molar-refractivity contribution is 0.245. The molecule has 0 aromatic heterocycles. The van der Waals surface area contributed by atoms with E-state index in [2.05, 4.69) is 18.3 Å². The summed E-state index contributed by atoms with van der Waals surface area (Å²) < 4.78 is 5.56. The first-order valence-corrected chi connectivity index (χ1v) is 6.22. The van der Waals surface area contributed by atoms with Crippen LogP contribution in [0.3, 0.4) is 0 Å². The lowest BCUT2D eigenvalue weighted by atomic mass is 9.98. The summed E-state index contributed by atoms with van der Waals surface area (Å²) in [6, 6.07) is 4.16. The van der Waals surface area contributed by atoms with Gasteiger partial charge < -0.3 is 15.2 Å². The van der Waals surface area contributed by atoms with Crippen molar-refractivity contribution in [3.63, 3.8) is 0 Å². The summed E-state index contributed by atoms with van der Waals surface area (Å²) in [6.45, 7) is 9.75. The minimum atomic E-state index is 0.00868. The van der Waals surface area contributed by atoms with E-state index in [1.54, 1.807) is 0 Å². The lowest BCUT2D eigenvalue weighted by Gasteiger charge is -2.20. The molecule has 1 rings (SSSR count). The van der Waals surface area contributed by atoms with E-state index in [9.17, 15) is 5.11 Å². The van der Waals surface area contributed by atoms with Crippen molar-refractivity contribution in [3.8, 4) is 5.75 Å². The quantitative estimate of drug-likeness (QED) is 0.798. The van der Waals surface area contributed by atoms with Crippen LogP contribution in [0.5, 0.6) is 5.75 Å². The molecule has 0 aliphatic heterocycles. The van der Waals surface area contributed by atoms with Crippen molar-refractivity contribution in [2.45, 2.75) is 33.7 Å². The molecule has 17 heavy (non-hydrogen) atoms. The molecule has 3 heteroatoms. The van der Waals surface area contributed by atoms with Crippen molar-refractivity contribution >= 4 is 0 Å². The molecule has 1 unspecified atom stereocenters. The van der Waals surface area contributed by atoms with Gasteiger partial charge in [-0.2, -0.15) is 0 Å². The van der Waals surface area contributed by atoms with Crippen LogP contribution >= 0.6 is 0 Å². The van der Waals surface area contributed by atoms with Crippen LogP contribution in [-0.4, -0.2) is 24.9 Å². The van der Waals surface area contributed by atoms with Gasteiger partial charge in [0.25, 0.3) is 0 Å². The van der Waals surface area contributed by atoms with E-state index < -0.39 is 0 Å². The molecule has 0 saturated heterocycles. The van der Waals surface area contributed by atoms with Gasteiger partial charge in [-0.3, -0.25) is 0 Å². The smallest absolute Gasteiger partial charge is 0.122 e. The predicted molar refractivity (Wildman–Crippen MR) is 70.6 cm³/mol. The highest BCUT2D eigenvalue weighted by Crippen LogP contribution is 2.26. The zero-order chi connectivity index (χ0) is 12.8. The summed E-state index contributed by atoms with van der Waals surface area (Å²) >= 11 is 0. The Balaban J connectivity index is 3.04. The molecular formula is C14H23NO2. The molecule has 0 aliphatic rings. The number of nitrogens with one attached hydrogen (secondary N) is 1. The summed E-state index contributed by atoms with van der Waals surface area (Å²) in [5.74, 6) is 0.932. The summed E-state index contributed by atoms with van der Waals surface area (Å²) in [4.78, 5) is 0. The topological polar surface area (TPSA) is 41.5 Å². The van der Waals surface area contributed by atoms with Gasteiger partial charge in [-0.05, 0) is 50.1 Å². The summed E-state index contributed by atoms with van der Waals surface area (Å²) in [6.07, 6.45) is 0. The normalized spacial score (nSPS) is 12.5. The van der Waals surface area contributed by atoms with Crippen molar-refractivity contribution in [3.05, 3.63) is 28.8 Å². The van der Waals surface area contributed by atoms with Crippen LogP contribution in [0.1, 0.15) is 36.6 Å². The number of aliphatic hydroxyl groups is 1. The summed E-state index contributed by atoms with van der Waals surface area (Å²) in [5, 5.41) is 12.7. The molecule has 0 aliphatic carbocycles. The number of benzene rings is 1. The minimum Gasteiger partial charge on any atom is -0.494 e. The molecule has 0 heterocycles. The average Bonchev–Trinajstić information content (AvgIpc) is 2.31. The maximum Gasteiger partial charge on any atom is 0.122 e. The number of hydrogen-bond acceptors (Lipinski definition) is 3. The molecule has 1 atom stereocenters. The second kappa shape index (κ2) is 6.62. The largest absolute Gasteiger partial charge is 0.494 e. The van der Waals surface area contributed by atoms with Crippen LogP contribution < -0.4 is 10.1 Å². The first-order valence-electron chi connectivity index (χ1n) is 6.22. The SMILES string of the molecule is CCNC(CO)c1cc(C)c(OCC)cc1C. The number of ether oxygens (including phenoxy) is 1. The Kier molecular flexibility index (Phi) is 5.45. The third kappa shape index (κ3) is 3.45. The molecule has 96 valence electrons. The molecule has 0 bridgehead atoms. The van der Waals surface area contributed by atoms with Crippen molar-refractivity contribution in [1.82, 2.24) is 5.32 Å². The van der Waals surface area contributed by atoms with Gasteiger partial charge in [0, 0.05) is 0 Å². The highest BCUT2D eigenvalue weighted by atomic mass is 16.5. The van der Waals surface area contributed by atoms with Gasteiger partial charge in [0.05, 0.1) is 19.3 Å². The monoisotopic (exact) mass is 237 g/mol. The van der Waals surface area contributed by atoms with Crippen LogP contribution in [0.25, 0.3) is 0 Å². The maximum atomic E-state index is 9.40. The number of rotatable bonds is 6. The lowest BCUT2D eigenvalue weighted by Crippen LogP contribution is -2.24. The highest BCUT2D eigenvalue weighted by Gasteiger charge is 2.13. The van der Waals surface area contributed by atoms with Crippen molar-refractivity contribution in [2.24, 2.45) is 0 Å². The minimum absolute atomic E-state index is 0.00868. The van der Waals surface area contributed by atoms with Crippen molar-refractivity contribution < 1.29 is 9.84 Å². The van der Waals surface area contributed by atoms with Crippen LogP contribution in [-0.2, 0) is 0 Å². The molecule has 3 nitrogen and oxygen atoms in total. The van der Waals surface area contributed by atoms with E-state index in [1.807, 2.05) is 26.8 Å². The Bertz CT molecular complexity index is 363. The fourth-order valence-corrected chi connectivity index (χ4v) is 2.02. The zero-order valence-electron chi connectivity index (χ0n) is 11.2. The average molecular weight is 237 g/mol. The van der Waals surface area contributed by atoms with Gasteiger partial charge >= 0.3 is 0 Å². The Morgan fingerprint density at radius 3 is 2.47 bits per heavy atom. The van der Waals surface area contributed by atoms with E-state index in [0.29, 0.717) is 6.61 Å². The van der Waals surface area contributed by atoms with Crippen molar-refractivity contribution in [2.75, 3.05) is 19.8 Å². The summed E-state index contributed by atoms with van der Waals surface area (Å²) in [5.41, 5.74) is 3.41. The predicted octanol–water partition coefficient (Wildman–Crippen LogP) is 2.35. The van der Waals surface area contributed by atoms with Gasteiger partial charge in [0.1, 0.15) is 5.75 Å². The van der Waals surface area contributed by atoms with E-state index in [1.165, 1.54) is 0 Å². The molecule has 0 radical (unpaired) electrons. The molecule has 0 spiro atoms.